The number of hydrogen-bond acceptors (Lipinski definition) is 12. The van der Waals surface area contributed by atoms with Crippen LogP contribution < -0.4 is 24.8 Å². The van der Waals surface area contributed by atoms with Gasteiger partial charge in [-0.1, -0.05) is 13.0 Å². The molecule has 2 N–H and O–H groups in total. The highest BCUT2D eigenvalue weighted by Crippen LogP contribution is 2.42. The number of nitrogens with zero attached hydrogens (tertiary/aromatic N) is 8. The van der Waals surface area contributed by atoms with Gasteiger partial charge in [0.15, 0.2) is 6.61 Å². The van der Waals surface area contributed by atoms with Crippen molar-refractivity contribution in [2.45, 2.75) is 64.1 Å². The molecule has 0 saturated carbocycles. The van der Waals surface area contributed by atoms with E-state index < -0.39 is 54.3 Å². The highest BCUT2D eigenvalue weighted by molar-refractivity contribution is 5.71. The summed E-state index contributed by atoms with van der Waals surface area (Å²) in [4.78, 5) is 40.2. The summed E-state index contributed by atoms with van der Waals surface area (Å²) in [5.41, 5.74) is 1.46. The number of aliphatic hydroxyl groups is 1. The summed E-state index contributed by atoms with van der Waals surface area (Å²) in [6.45, 7) is 8.02. The van der Waals surface area contributed by atoms with Gasteiger partial charge in [-0.25, -0.2) is 32.4 Å². The fourth-order valence-corrected chi connectivity index (χ4v) is 7.89. The summed E-state index contributed by atoms with van der Waals surface area (Å²) in [7, 11) is 0. The number of carboxylic acid groups (broad SMARTS) is 1. The molecule has 7 rings (SSSR count). The maximum absolute atomic E-state index is 15.3. The Morgan fingerprint density at radius 1 is 0.967 bits per heavy atom. The number of aromatic nitrogens is 6. The lowest BCUT2D eigenvalue weighted by Crippen LogP contribution is -2.46. The molecule has 2 aliphatic rings. The van der Waals surface area contributed by atoms with Gasteiger partial charge in [-0.15, -0.1) is 4.68 Å². The van der Waals surface area contributed by atoms with Crippen molar-refractivity contribution in [3.63, 3.8) is 0 Å². The summed E-state index contributed by atoms with van der Waals surface area (Å²) >= 11 is 0. The van der Waals surface area contributed by atoms with E-state index in [1.165, 1.54) is 56.5 Å². The van der Waals surface area contributed by atoms with Gasteiger partial charge in [0, 0.05) is 67.1 Å². The number of carboxylic acids is 1. The molecule has 2 aliphatic heterocycles. The Morgan fingerprint density at radius 3 is 2.25 bits per heavy atom. The monoisotopic (exact) mass is 847 g/mol. The van der Waals surface area contributed by atoms with Crippen molar-refractivity contribution in [3.05, 3.63) is 113 Å². The molecule has 2 aromatic heterocycles. The van der Waals surface area contributed by atoms with E-state index in [-0.39, 0.29) is 36.9 Å². The van der Waals surface area contributed by atoms with Crippen molar-refractivity contribution in [1.29, 1.82) is 0 Å². The molecule has 5 aromatic rings. The van der Waals surface area contributed by atoms with Gasteiger partial charge in [0.05, 0.1) is 31.0 Å². The Labute approximate surface area is 349 Å². The highest BCUT2D eigenvalue weighted by atomic mass is 19.1. The largest absolute Gasteiger partial charge is 0.511 e. The van der Waals surface area contributed by atoms with E-state index in [2.05, 4.69) is 24.7 Å². The second-order valence-electron chi connectivity index (χ2n) is 15.3. The number of hydrogen-bond donors (Lipinski definition) is 2. The van der Waals surface area contributed by atoms with E-state index >= 15 is 4.39 Å². The SMILES string of the molecule is CC[C@@H]([C@H](C)O)n1ncn(-c2ccc(N3CCN(c4ccc(OC[C@@H]5CO[C@@](Cn6c[n+](C(C)OC(=O)OCC(=O)O)cn6)(c6ccc(F)cc6F)C5)cc4)CC3)cc2)c1=O. The molecular formula is C42H49F2N8O9+. The van der Waals surface area contributed by atoms with Crippen LogP contribution in [0.4, 0.5) is 25.0 Å². The fourth-order valence-electron chi connectivity index (χ4n) is 7.89. The van der Waals surface area contributed by atoms with E-state index in [9.17, 15) is 23.9 Å². The zero-order valence-electron chi connectivity index (χ0n) is 34.0. The van der Waals surface area contributed by atoms with Crippen molar-refractivity contribution in [2.24, 2.45) is 5.92 Å². The maximum atomic E-state index is 15.3. The van der Waals surface area contributed by atoms with Gasteiger partial charge >= 0.3 is 17.8 Å². The van der Waals surface area contributed by atoms with Gasteiger partial charge < -0.3 is 39.0 Å². The number of rotatable bonds is 16. The van der Waals surface area contributed by atoms with E-state index in [1.807, 2.05) is 55.5 Å². The lowest BCUT2D eigenvalue weighted by atomic mass is 9.87. The van der Waals surface area contributed by atoms with Crippen LogP contribution in [0, 0.1) is 17.6 Å². The Hall–Kier alpha value is -6.34. The van der Waals surface area contributed by atoms with Gasteiger partial charge in [0.1, 0.15) is 35.9 Å². The molecule has 61 heavy (non-hydrogen) atoms. The van der Waals surface area contributed by atoms with Crippen molar-refractivity contribution in [3.8, 4) is 11.4 Å². The number of ether oxygens (including phenoxy) is 4. The molecule has 3 aromatic carbocycles. The van der Waals surface area contributed by atoms with Crippen LogP contribution in [0.25, 0.3) is 5.69 Å². The predicted octanol–water partition coefficient (Wildman–Crippen LogP) is 4.22. The molecule has 19 heteroatoms. The van der Waals surface area contributed by atoms with Gasteiger partial charge in [0.25, 0.3) is 6.33 Å². The van der Waals surface area contributed by atoms with E-state index in [0.717, 1.165) is 43.6 Å². The summed E-state index contributed by atoms with van der Waals surface area (Å²) < 4.78 is 57.3. The number of carbonyl (C=O) groups is 2. The first kappa shape index (κ1) is 42.8. The van der Waals surface area contributed by atoms with Crippen LogP contribution >= 0.6 is 0 Å². The molecule has 5 atom stereocenters. The van der Waals surface area contributed by atoms with Crippen molar-refractivity contribution in [2.75, 3.05) is 55.8 Å². The molecule has 0 aliphatic carbocycles. The maximum Gasteiger partial charge on any atom is 0.511 e. The van der Waals surface area contributed by atoms with Crippen LogP contribution in [0.1, 0.15) is 51.4 Å². The minimum Gasteiger partial charge on any atom is -0.493 e. The lowest BCUT2D eigenvalue weighted by molar-refractivity contribution is -0.754. The molecular weight excluding hydrogens is 799 g/mol. The van der Waals surface area contributed by atoms with Gasteiger partial charge in [-0.05, 0) is 74.4 Å². The van der Waals surface area contributed by atoms with Crippen molar-refractivity contribution in [1.82, 2.24) is 24.1 Å². The number of carbonyl (C=O) groups excluding carboxylic acids is 1. The molecule has 4 heterocycles. The molecule has 0 amide bonds. The predicted molar refractivity (Wildman–Crippen MR) is 214 cm³/mol. The molecule has 0 radical (unpaired) electrons. The third-order valence-electron chi connectivity index (χ3n) is 11.1. The number of aliphatic carboxylic acids is 1. The molecule has 1 unspecified atom stereocenters. The van der Waals surface area contributed by atoms with Crippen molar-refractivity contribution >= 4 is 23.5 Å². The first-order chi connectivity index (χ1) is 29.3. The number of aliphatic hydroxyl groups excluding tert-OH is 1. The van der Waals surface area contributed by atoms with Gasteiger partial charge in [-0.2, -0.15) is 9.67 Å². The fraction of sp³-hybridized carbons (Fsp3) is 0.429. The Balaban J connectivity index is 0.928. The summed E-state index contributed by atoms with van der Waals surface area (Å²) in [5, 5.41) is 27.4. The Kier molecular flexibility index (Phi) is 13.0. The van der Waals surface area contributed by atoms with Crippen LogP contribution in [0.5, 0.6) is 5.75 Å². The quantitative estimate of drug-likeness (QED) is 0.107. The summed E-state index contributed by atoms with van der Waals surface area (Å²) in [6.07, 6.45) is 2.54. The zero-order valence-corrected chi connectivity index (χ0v) is 34.0. The Bertz CT molecular complexity index is 2350. The van der Waals surface area contributed by atoms with Crippen molar-refractivity contribution < 1.29 is 52.1 Å². The van der Waals surface area contributed by atoms with E-state index in [4.69, 9.17) is 19.3 Å². The number of benzene rings is 3. The van der Waals surface area contributed by atoms with Crippen LogP contribution in [0.15, 0.2) is 90.5 Å². The number of halogens is 2. The molecule has 324 valence electrons. The molecule has 2 saturated heterocycles. The molecule has 0 spiro atoms. The first-order valence-electron chi connectivity index (χ1n) is 20.1. The van der Waals surface area contributed by atoms with Crippen LogP contribution in [-0.2, 0) is 31.2 Å². The highest BCUT2D eigenvalue weighted by Gasteiger charge is 2.46. The van der Waals surface area contributed by atoms with Gasteiger partial charge in [0.2, 0.25) is 12.6 Å². The second-order valence-corrected chi connectivity index (χ2v) is 15.3. The minimum absolute atomic E-state index is 0.0430. The van der Waals surface area contributed by atoms with Crippen LogP contribution in [-0.4, -0.2) is 98.6 Å². The first-order valence-corrected chi connectivity index (χ1v) is 20.1. The second kappa shape index (κ2) is 18.5. The molecule has 0 bridgehead atoms. The molecule has 17 nitrogen and oxygen atoms in total. The number of anilines is 2. The zero-order chi connectivity index (χ0) is 43.3. The average molecular weight is 848 g/mol. The third kappa shape index (κ3) is 9.84. The summed E-state index contributed by atoms with van der Waals surface area (Å²) in [6, 6.07) is 18.7. The van der Waals surface area contributed by atoms with Crippen LogP contribution in [0.2, 0.25) is 0 Å². The standard InChI is InChI=1S/C42H48F2N8O9/c1-4-38(28(2)53)52-40(56)51(26-46-52)34-8-6-32(7-9-34)47-15-17-48(18-16-47)33-10-12-35(13-11-33)58-21-30-20-42(60-22-30,36-14-5-31(43)19-37(36)44)24-50-27-49(25-45-50)29(3)61-41(57)59-23-39(54)55/h5-14,19,25-30,38,53H,4,15-18,20-24H2,1-3H3/p+1/t28-,29?,30+,38-,42-/m0/s1. The average Bonchev–Trinajstić information content (AvgIpc) is 3.99. The van der Waals surface area contributed by atoms with E-state index in [1.54, 1.807) is 6.92 Å². The van der Waals surface area contributed by atoms with Crippen LogP contribution in [0.3, 0.4) is 0 Å². The minimum atomic E-state index is -1.33. The summed E-state index contributed by atoms with van der Waals surface area (Å²) in [5.74, 6) is -2.29. The number of piperazine rings is 1. The smallest absolute Gasteiger partial charge is 0.493 e. The lowest BCUT2D eigenvalue weighted by Gasteiger charge is -2.37. The normalized spacial score (nSPS) is 19.3. The third-order valence-corrected chi connectivity index (χ3v) is 11.1. The van der Waals surface area contributed by atoms with Gasteiger partial charge in [-0.3, -0.25) is 0 Å². The molecule has 2 fully saturated rings. The van der Waals surface area contributed by atoms with E-state index in [0.29, 0.717) is 24.3 Å². The Morgan fingerprint density at radius 2 is 1.62 bits per heavy atom. The topological polar surface area (TPSA) is 180 Å².